The summed E-state index contributed by atoms with van der Waals surface area (Å²) in [6, 6.07) is 13.8. The zero-order valence-corrected chi connectivity index (χ0v) is 13.5. The van der Waals surface area contributed by atoms with Gasteiger partial charge >= 0.3 is 12.0 Å². The summed E-state index contributed by atoms with van der Waals surface area (Å²) >= 11 is 3.43. The lowest BCUT2D eigenvalue weighted by Crippen LogP contribution is -2.28. The number of benzene rings is 2. The van der Waals surface area contributed by atoms with Crippen LogP contribution in [-0.2, 0) is 11.3 Å². The van der Waals surface area contributed by atoms with Crippen LogP contribution >= 0.6 is 15.9 Å². The molecule has 0 atom stereocenters. The summed E-state index contributed by atoms with van der Waals surface area (Å²) in [5.74, 6) is -0.412. The molecule has 0 saturated heterocycles. The number of urea groups is 1. The molecule has 22 heavy (non-hydrogen) atoms. The zero-order valence-electron chi connectivity index (χ0n) is 11.9. The first kappa shape index (κ1) is 16.0. The molecule has 2 rings (SSSR count). The number of halogens is 1. The fraction of sp³-hybridized carbons (Fsp3) is 0.125. The highest BCUT2D eigenvalue weighted by Gasteiger charge is 2.06. The quantitative estimate of drug-likeness (QED) is 0.817. The predicted octanol–water partition coefficient (Wildman–Crippen LogP) is 3.56. The van der Waals surface area contributed by atoms with Crippen LogP contribution in [0, 0.1) is 0 Å². The minimum absolute atomic E-state index is 0.318. The van der Waals surface area contributed by atoms with Crippen molar-refractivity contribution < 1.29 is 14.3 Å². The summed E-state index contributed by atoms with van der Waals surface area (Å²) in [7, 11) is 1.32. The number of methoxy groups -OCH3 is 1. The number of esters is 1. The van der Waals surface area contributed by atoms with Crippen LogP contribution in [-0.4, -0.2) is 19.1 Å². The maximum absolute atomic E-state index is 11.8. The lowest BCUT2D eigenvalue weighted by Gasteiger charge is -2.09. The molecule has 0 radical (unpaired) electrons. The van der Waals surface area contributed by atoms with E-state index in [0.717, 1.165) is 10.0 Å². The molecular formula is C16H15BrN2O3. The molecule has 0 bridgehead atoms. The molecule has 0 unspecified atom stereocenters. The second-order valence-electron chi connectivity index (χ2n) is 4.47. The SMILES string of the molecule is COC(=O)c1ccc(NC(=O)NCc2ccccc2Br)cc1. The van der Waals surface area contributed by atoms with E-state index >= 15 is 0 Å². The Morgan fingerprint density at radius 3 is 2.41 bits per heavy atom. The van der Waals surface area contributed by atoms with E-state index < -0.39 is 5.97 Å². The fourth-order valence-corrected chi connectivity index (χ4v) is 2.23. The van der Waals surface area contributed by atoms with Gasteiger partial charge in [-0.25, -0.2) is 9.59 Å². The Balaban J connectivity index is 1.89. The number of amides is 2. The van der Waals surface area contributed by atoms with Crippen molar-refractivity contribution in [3.8, 4) is 0 Å². The number of carbonyl (C=O) groups is 2. The summed E-state index contributed by atoms with van der Waals surface area (Å²) < 4.78 is 5.56. The van der Waals surface area contributed by atoms with Gasteiger partial charge in [0.05, 0.1) is 12.7 Å². The van der Waals surface area contributed by atoms with Crippen molar-refractivity contribution in [2.24, 2.45) is 0 Å². The summed E-state index contributed by atoms with van der Waals surface area (Å²) in [6.07, 6.45) is 0. The molecule has 2 aromatic rings. The van der Waals surface area contributed by atoms with Crippen molar-refractivity contribution >= 4 is 33.6 Å². The van der Waals surface area contributed by atoms with Crippen LogP contribution in [0.1, 0.15) is 15.9 Å². The van der Waals surface area contributed by atoms with Crippen LogP contribution in [0.2, 0.25) is 0 Å². The molecule has 114 valence electrons. The van der Waals surface area contributed by atoms with Crippen molar-refractivity contribution in [3.05, 3.63) is 64.1 Å². The monoisotopic (exact) mass is 362 g/mol. The zero-order chi connectivity index (χ0) is 15.9. The molecule has 0 saturated carbocycles. The molecule has 2 amide bonds. The lowest BCUT2D eigenvalue weighted by atomic mass is 10.2. The molecule has 0 aliphatic rings. The topological polar surface area (TPSA) is 67.4 Å². The fourth-order valence-electron chi connectivity index (χ4n) is 1.80. The largest absolute Gasteiger partial charge is 0.465 e. The third-order valence-electron chi connectivity index (χ3n) is 2.96. The third-order valence-corrected chi connectivity index (χ3v) is 3.73. The molecule has 2 N–H and O–H groups in total. The summed E-state index contributed by atoms with van der Waals surface area (Å²) in [5.41, 5.74) is 2.01. The Kier molecular flexibility index (Phi) is 5.55. The minimum Gasteiger partial charge on any atom is -0.465 e. The van der Waals surface area contributed by atoms with Crippen molar-refractivity contribution in [1.29, 1.82) is 0 Å². The standard InChI is InChI=1S/C16H15BrN2O3/c1-22-15(20)11-6-8-13(9-7-11)19-16(21)18-10-12-4-2-3-5-14(12)17/h2-9H,10H2,1H3,(H2,18,19,21). The Morgan fingerprint density at radius 2 is 1.77 bits per heavy atom. The normalized spacial score (nSPS) is 9.91. The van der Waals surface area contributed by atoms with Gasteiger partial charge in [0, 0.05) is 16.7 Å². The van der Waals surface area contributed by atoms with E-state index in [4.69, 9.17) is 0 Å². The number of rotatable bonds is 4. The molecule has 6 heteroatoms. The lowest BCUT2D eigenvalue weighted by molar-refractivity contribution is 0.0601. The Labute approximate surface area is 136 Å². The molecule has 0 aliphatic carbocycles. The van der Waals surface area contributed by atoms with Crippen LogP contribution in [0.15, 0.2) is 53.0 Å². The van der Waals surface area contributed by atoms with E-state index in [0.29, 0.717) is 17.8 Å². The molecule has 0 aliphatic heterocycles. The number of hydrogen-bond donors (Lipinski definition) is 2. The number of carbonyl (C=O) groups excluding carboxylic acids is 2. The highest BCUT2D eigenvalue weighted by molar-refractivity contribution is 9.10. The van der Waals surface area contributed by atoms with E-state index in [2.05, 4.69) is 31.3 Å². The first-order valence-electron chi connectivity index (χ1n) is 6.57. The predicted molar refractivity (Wildman–Crippen MR) is 87.8 cm³/mol. The van der Waals surface area contributed by atoms with Gasteiger partial charge in [0.1, 0.15) is 0 Å². The Hall–Kier alpha value is -2.34. The molecule has 0 spiro atoms. The van der Waals surface area contributed by atoms with E-state index in [1.807, 2.05) is 24.3 Å². The molecule has 0 aromatic heterocycles. The van der Waals surface area contributed by atoms with Gasteiger partial charge < -0.3 is 15.4 Å². The van der Waals surface area contributed by atoms with E-state index in [-0.39, 0.29) is 6.03 Å². The van der Waals surface area contributed by atoms with Gasteiger partial charge in [0.15, 0.2) is 0 Å². The first-order valence-corrected chi connectivity index (χ1v) is 7.36. The summed E-state index contributed by atoms with van der Waals surface area (Å²) in [6.45, 7) is 0.410. The van der Waals surface area contributed by atoms with Crippen LogP contribution in [0.3, 0.4) is 0 Å². The van der Waals surface area contributed by atoms with Gasteiger partial charge in [-0.2, -0.15) is 0 Å². The van der Waals surface area contributed by atoms with Gasteiger partial charge in [-0.05, 0) is 35.9 Å². The van der Waals surface area contributed by atoms with Crippen molar-refractivity contribution in [3.63, 3.8) is 0 Å². The minimum atomic E-state index is -0.412. The number of ether oxygens (including phenoxy) is 1. The van der Waals surface area contributed by atoms with Gasteiger partial charge in [-0.15, -0.1) is 0 Å². The Morgan fingerprint density at radius 1 is 1.09 bits per heavy atom. The van der Waals surface area contributed by atoms with Gasteiger partial charge in [-0.1, -0.05) is 34.1 Å². The third kappa shape index (κ3) is 4.33. The van der Waals surface area contributed by atoms with Crippen LogP contribution in [0.25, 0.3) is 0 Å². The average Bonchev–Trinajstić information content (AvgIpc) is 2.54. The number of anilines is 1. The molecular weight excluding hydrogens is 348 g/mol. The Bertz CT molecular complexity index is 671. The van der Waals surface area contributed by atoms with Crippen LogP contribution in [0.5, 0.6) is 0 Å². The van der Waals surface area contributed by atoms with Crippen LogP contribution in [0.4, 0.5) is 10.5 Å². The van der Waals surface area contributed by atoms with Crippen molar-refractivity contribution in [2.75, 3.05) is 12.4 Å². The highest BCUT2D eigenvalue weighted by atomic mass is 79.9. The van der Waals surface area contributed by atoms with Gasteiger partial charge in [-0.3, -0.25) is 0 Å². The van der Waals surface area contributed by atoms with Gasteiger partial charge in [0.2, 0.25) is 0 Å². The maximum atomic E-state index is 11.8. The highest BCUT2D eigenvalue weighted by Crippen LogP contribution is 2.15. The molecule has 0 heterocycles. The van der Waals surface area contributed by atoms with E-state index in [9.17, 15) is 9.59 Å². The number of hydrogen-bond acceptors (Lipinski definition) is 3. The molecule has 0 fully saturated rings. The average molecular weight is 363 g/mol. The second-order valence-corrected chi connectivity index (χ2v) is 5.32. The van der Waals surface area contributed by atoms with Gasteiger partial charge in [0.25, 0.3) is 0 Å². The summed E-state index contributed by atoms with van der Waals surface area (Å²) in [4.78, 5) is 23.2. The number of nitrogens with one attached hydrogen (secondary N) is 2. The van der Waals surface area contributed by atoms with Crippen molar-refractivity contribution in [2.45, 2.75) is 6.54 Å². The molecule has 2 aromatic carbocycles. The van der Waals surface area contributed by atoms with E-state index in [1.54, 1.807) is 24.3 Å². The van der Waals surface area contributed by atoms with E-state index in [1.165, 1.54) is 7.11 Å². The second kappa shape index (κ2) is 7.61. The summed E-state index contributed by atoms with van der Waals surface area (Å²) in [5, 5.41) is 5.46. The van der Waals surface area contributed by atoms with Crippen molar-refractivity contribution in [1.82, 2.24) is 5.32 Å². The smallest absolute Gasteiger partial charge is 0.337 e. The van der Waals surface area contributed by atoms with Crippen LogP contribution < -0.4 is 10.6 Å². The first-order chi connectivity index (χ1) is 10.6. The molecule has 5 nitrogen and oxygen atoms in total. The maximum Gasteiger partial charge on any atom is 0.337 e.